The topological polar surface area (TPSA) is 52.1 Å². The summed E-state index contributed by atoms with van der Waals surface area (Å²) in [5.74, 6) is 0.993. The van der Waals surface area contributed by atoms with Crippen LogP contribution >= 0.6 is 24.0 Å². The van der Waals surface area contributed by atoms with Gasteiger partial charge in [0.1, 0.15) is 0 Å². The Hall–Kier alpha value is -0.120. The van der Waals surface area contributed by atoms with E-state index in [1.165, 1.54) is 58.0 Å². The van der Waals surface area contributed by atoms with Crippen molar-refractivity contribution in [1.82, 2.24) is 20.4 Å². The smallest absolute Gasteiger partial charge is 0.191 e. The molecule has 0 radical (unpaired) electrons. The highest BCUT2D eigenvalue weighted by atomic mass is 127. The predicted molar refractivity (Wildman–Crippen MR) is 126 cm³/mol. The number of ether oxygens (including phenoxy) is 1. The third-order valence-electron chi connectivity index (χ3n) is 7.69. The summed E-state index contributed by atoms with van der Waals surface area (Å²) in [6.45, 7) is 5.25. The molecule has 4 heterocycles. The molecule has 2 bridgehead atoms. The lowest BCUT2D eigenvalue weighted by atomic mass is 9.82. The molecule has 28 heavy (non-hydrogen) atoms. The highest BCUT2D eigenvalue weighted by Crippen LogP contribution is 2.33. The monoisotopic (exact) mass is 505 g/mol. The molecular weight excluding hydrogens is 465 g/mol. The molecule has 0 amide bonds. The molecule has 4 saturated heterocycles. The van der Waals surface area contributed by atoms with Crippen molar-refractivity contribution in [2.24, 2.45) is 4.99 Å². The van der Waals surface area contributed by atoms with Gasteiger partial charge in [-0.2, -0.15) is 0 Å². The van der Waals surface area contributed by atoms with Gasteiger partial charge in [-0.3, -0.25) is 9.89 Å². The number of aliphatic imine (C=N–C) groups is 1. The second-order valence-electron chi connectivity index (χ2n) is 9.17. The van der Waals surface area contributed by atoms with Crippen molar-refractivity contribution in [3.63, 3.8) is 0 Å². The Morgan fingerprint density at radius 2 is 1.71 bits per heavy atom. The van der Waals surface area contributed by atoms with E-state index in [-0.39, 0.29) is 29.5 Å². The van der Waals surface area contributed by atoms with Crippen LogP contribution in [0, 0.1) is 0 Å². The zero-order valence-electron chi connectivity index (χ0n) is 17.8. The molecule has 0 saturated carbocycles. The van der Waals surface area contributed by atoms with Gasteiger partial charge in [-0.25, -0.2) is 0 Å². The summed E-state index contributed by atoms with van der Waals surface area (Å²) in [5, 5.41) is 7.47. The summed E-state index contributed by atoms with van der Waals surface area (Å²) in [6, 6.07) is 2.05. The van der Waals surface area contributed by atoms with Crippen LogP contribution in [0.4, 0.5) is 0 Å². The Balaban J connectivity index is 0.00000225. The third-order valence-corrected chi connectivity index (χ3v) is 7.69. The van der Waals surface area contributed by atoms with E-state index in [4.69, 9.17) is 4.74 Å². The van der Waals surface area contributed by atoms with Gasteiger partial charge in [-0.05, 0) is 71.5 Å². The average molecular weight is 505 g/mol. The quantitative estimate of drug-likeness (QED) is 0.349. The van der Waals surface area contributed by atoms with Gasteiger partial charge in [0.05, 0.1) is 0 Å². The number of hydrogen-bond donors (Lipinski definition) is 2. The number of hydrogen-bond acceptors (Lipinski definition) is 4. The number of nitrogens with zero attached hydrogens (tertiary/aromatic N) is 3. The number of nitrogens with one attached hydrogen (secondary N) is 2. The molecular formula is C21H40IN5O. The minimum Gasteiger partial charge on any atom is -0.381 e. The summed E-state index contributed by atoms with van der Waals surface area (Å²) < 4.78 is 5.69. The maximum atomic E-state index is 5.69. The Morgan fingerprint density at radius 3 is 2.32 bits per heavy atom. The van der Waals surface area contributed by atoms with Gasteiger partial charge in [0.25, 0.3) is 0 Å². The summed E-state index contributed by atoms with van der Waals surface area (Å²) in [6.07, 6.45) is 11.6. The molecule has 7 heteroatoms. The SMILES string of the molecule is CN=C(NCC1(N2CCCC2)CCOCC1)NC1CC2CCCC(C1)N2C.I. The number of fused-ring (bicyclic) bond motifs is 2. The summed E-state index contributed by atoms with van der Waals surface area (Å²) in [4.78, 5) is 9.91. The molecule has 0 aromatic rings. The van der Waals surface area contributed by atoms with Crippen LogP contribution in [-0.4, -0.2) is 86.4 Å². The molecule has 2 N–H and O–H groups in total. The van der Waals surface area contributed by atoms with Crippen molar-refractivity contribution in [1.29, 1.82) is 0 Å². The zero-order chi connectivity index (χ0) is 18.7. The van der Waals surface area contributed by atoms with Crippen LogP contribution in [0.1, 0.15) is 57.8 Å². The van der Waals surface area contributed by atoms with Crippen LogP contribution in [0.15, 0.2) is 4.99 Å². The molecule has 4 rings (SSSR count). The molecule has 2 atom stereocenters. The first-order valence-corrected chi connectivity index (χ1v) is 11.2. The lowest BCUT2D eigenvalue weighted by Gasteiger charge is -2.47. The minimum atomic E-state index is 0. The Labute approximate surface area is 188 Å². The van der Waals surface area contributed by atoms with Crippen LogP contribution in [-0.2, 0) is 4.74 Å². The maximum absolute atomic E-state index is 5.69. The fourth-order valence-corrected chi connectivity index (χ4v) is 5.92. The van der Waals surface area contributed by atoms with Gasteiger partial charge in [0.15, 0.2) is 5.96 Å². The molecule has 4 aliphatic heterocycles. The second-order valence-corrected chi connectivity index (χ2v) is 9.17. The number of rotatable bonds is 4. The third kappa shape index (κ3) is 4.95. The zero-order valence-corrected chi connectivity index (χ0v) is 20.1. The van der Waals surface area contributed by atoms with Gasteiger partial charge in [-0.15, -0.1) is 24.0 Å². The van der Waals surface area contributed by atoms with Gasteiger partial charge < -0.3 is 20.3 Å². The van der Waals surface area contributed by atoms with E-state index in [2.05, 4.69) is 32.5 Å². The van der Waals surface area contributed by atoms with E-state index >= 15 is 0 Å². The van der Waals surface area contributed by atoms with E-state index in [1.54, 1.807) is 0 Å². The fourth-order valence-electron chi connectivity index (χ4n) is 5.92. The standard InChI is InChI=1S/C21H39N5O.HI/c1-22-20(24-17-14-18-6-5-7-19(15-17)25(18)2)23-16-21(8-12-27-13-9-21)26-10-3-4-11-26;/h17-19H,3-16H2,1-2H3,(H2,22,23,24);1H. The van der Waals surface area contributed by atoms with E-state index in [0.29, 0.717) is 6.04 Å². The van der Waals surface area contributed by atoms with Crippen LogP contribution < -0.4 is 10.6 Å². The van der Waals surface area contributed by atoms with Crippen molar-refractivity contribution in [2.45, 2.75) is 81.5 Å². The highest BCUT2D eigenvalue weighted by molar-refractivity contribution is 14.0. The first-order chi connectivity index (χ1) is 13.2. The van der Waals surface area contributed by atoms with Crippen molar-refractivity contribution in [2.75, 3.05) is 46.9 Å². The first kappa shape index (κ1) is 22.6. The van der Waals surface area contributed by atoms with Crippen LogP contribution in [0.3, 0.4) is 0 Å². The molecule has 162 valence electrons. The van der Waals surface area contributed by atoms with Gasteiger partial charge in [0, 0.05) is 50.5 Å². The molecule has 0 aliphatic carbocycles. The van der Waals surface area contributed by atoms with E-state index in [9.17, 15) is 0 Å². The van der Waals surface area contributed by atoms with Crippen molar-refractivity contribution < 1.29 is 4.74 Å². The predicted octanol–water partition coefficient (Wildman–Crippen LogP) is 2.43. The number of guanidine groups is 1. The lowest BCUT2D eigenvalue weighted by molar-refractivity contribution is -0.0164. The number of halogens is 1. The lowest BCUT2D eigenvalue weighted by Crippen LogP contribution is -2.60. The van der Waals surface area contributed by atoms with Crippen LogP contribution in [0.5, 0.6) is 0 Å². The van der Waals surface area contributed by atoms with Gasteiger partial charge in [-0.1, -0.05) is 6.42 Å². The average Bonchev–Trinajstić information content (AvgIpc) is 3.22. The molecule has 4 fully saturated rings. The molecule has 4 aliphatic rings. The molecule has 0 aromatic heterocycles. The van der Waals surface area contributed by atoms with Gasteiger partial charge in [0.2, 0.25) is 0 Å². The molecule has 0 aromatic carbocycles. The first-order valence-electron chi connectivity index (χ1n) is 11.2. The maximum Gasteiger partial charge on any atom is 0.191 e. The van der Waals surface area contributed by atoms with Crippen molar-refractivity contribution in [3.8, 4) is 0 Å². The largest absolute Gasteiger partial charge is 0.381 e. The normalized spacial score (nSPS) is 33.9. The van der Waals surface area contributed by atoms with E-state index in [0.717, 1.165) is 50.6 Å². The Morgan fingerprint density at radius 1 is 1.07 bits per heavy atom. The van der Waals surface area contributed by atoms with Gasteiger partial charge >= 0.3 is 0 Å². The summed E-state index contributed by atoms with van der Waals surface area (Å²) >= 11 is 0. The second kappa shape index (κ2) is 10.3. The Bertz CT molecular complexity index is 505. The van der Waals surface area contributed by atoms with Crippen molar-refractivity contribution in [3.05, 3.63) is 0 Å². The van der Waals surface area contributed by atoms with Crippen LogP contribution in [0.2, 0.25) is 0 Å². The van der Waals surface area contributed by atoms with E-state index in [1.807, 2.05) is 7.05 Å². The number of piperidine rings is 2. The summed E-state index contributed by atoms with van der Waals surface area (Å²) in [7, 11) is 4.24. The fraction of sp³-hybridized carbons (Fsp3) is 0.952. The molecule has 2 unspecified atom stereocenters. The molecule has 6 nitrogen and oxygen atoms in total. The number of likely N-dealkylation sites (tertiary alicyclic amines) is 1. The molecule has 0 spiro atoms. The summed E-state index contributed by atoms with van der Waals surface area (Å²) in [5.41, 5.74) is 0.246. The minimum absolute atomic E-state index is 0. The van der Waals surface area contributed by atoms with E-state index < -0.39 is 0 Å². The van der Waals surface area contributed by atoms with Crippen molar-refractivity contribution >= 4 is 29.9 Å². The Kier molecular flexibility index (Phi) is 8.27. The van der Waals surface area contributed by atoms with Crippen LogP contribution in [0.25, 0.3) is 0 Å². The highest BCUT2D eigenvalue weighted by Gasteiger charge is 2.40.